The van der Waals surface area contributed by atoms with E-state index in [-0.39, 0.29) is 11.9 Å². The molecule has 0 saturated carbocycles. The summed E-state index contributed by atoms with van der Waals surface area (Å²) in [5.74, 6) is 0.0806. The summed E-state index contributed by atoms with van der Waals surface area (Å²) in [5.41, 5.74) is 4.74. The lowest BCUT2D eigenvalue weighted by Gasteiger charge is -2.26. The number of hydrogen-bond donors (Lipinski definition) is 2. The van der Waals surface area contributed by atoms with Crippen LogP contribution in [0.25, 0.3) is 0 Å². The third-order valence-corrected chi connectivity index (χ3v) is 1.68. The van der Waals surface area contributed by atoms with Gasteiger partial charge in [-0.15, -0.1) is 0 Å². The zero-order valence-corrected chi connectivity index (χ0v) is 9.96. The molecule has 15 heavy (non-hydrogen) atoms. The maximum absolute atomic E-state index is 11.6. The Morgan fingerprint density at radius 1 is 1.47 bits per heavy atom. The van der Waals surface area contributed by atoms with E-state index in [9.17, 15) is 4.79 Å². The van der Waals surface area contributed by atoms with Gasteiger partial charge in [-0.05, 0) is 27.7 Å². The molecule has 0 aromatic rings. The summed E-state index contributed by atoms with van der Waals surface area (Å²) >= 11 is 0. The normalized spacial score (nSPS) is 10.9. The number of rotatable bonds is 4. The molecule has 0 aromatic heterocycles. The summed E-state index contributed by atoms with van der Waals surface area (Å²) in [6.07, 6.45) is 0.0267. The first-order valence-electron chi connectivity index (χ1n) is 5.07. The quantitative estimate of drug-likeness (QED) is 0.552. The third-order valence-electron chi connectivity index (χ3n) is 1.68. The SMILES string of the molecule is CCN(CCC(=N)N)C(=O)OC(C)(C)C. The zero-order valence-electron chi connectivity index (χ0n) is 9.96. The lowest BCUT2D eigenvalue weighted by atomic mass is 10.2. The molecular formula is C10H21N3O2. The van der Waals surface area contributed by atoms with Crippen LogP contribution in [0.4, 0.5) is 4.79 Å². The van der Waals surface area contributed by atoms with Gasteiger partial charge in [0.1, 0.15) is 5.60 Å². The molecule has 0 spiro atoms. The maximum atomic E-state index is 11.6. The Kier molecular flexibility index (Phi) is 5.11. The van der Waals surface area contributed by atoms with Gasteiger partial charge in [0.2, 0.25) is 0 Å². The van der Waals surface area contributed by atoms with Crippen molar-refractivity contribution in [2.75, 3.05) is 13.1 Å². The van der Waals surface area contributed by atoms with E-state index in [4.69, 9.17) is 15.9 Å². The lowest BCUT2D eigenvalue weighted by molar-refractivity contribution is 0.0265. The molecule has 0 aliphatic heterocycles. The van der Waals surface area contributed by atoms with E-state index in [0.29, 0.717) is 19.5 Å². The minimum absolute atomic E-state index is 0.0806. The van der Waals surface area contributed by atoms with Gasteiger partial charge in [0.05, 0.1) is 5.84 Å². The van der Waals surface area contributed by atoms with Crippen LogP contribution in [0.3, 0.4) is 0 Å². The molecule has 5 nitrogen and oxygen atoms in total. The first-order valence-corrected chi connectivity index (χ1v) is 5.07. The molecule has 0 heterocycles. The van der Waals surface area contributed by atoms with Crippen LogP contribution in [0.1, 0.15) is 34.1 Å². The van der Waals surface area contributed by atoms with Gasteiger partial charge < -0.3 is 15.4 Å². The Morgan fingerprint density at radius 3 is 2.33 bits per heavy atom. The van der Waals surface area contributed by atoms with E-state index in [2.05, 4.69) is 0 Å². The Bertz CT molecular complexity index is 233. The third kappa shape index (κ3) is 6.76. The number of carbonyl (C=O) groups is 1. The molecule has 88 valence electrons. The highest BCUT2D eigenvalue weighted by molar-refractivity contribution is 5.77. The van der Waals surface area contributed by atoms with Crippen LogP contribution >= 0.6 is 0 Å². The number of nitrogens with zero attached hydrogens (tertiary/aromatic N) is 1. The molecule has 0 radical (unpaired) electrons. The molecule has 0 aliphatic carbocycles. The highest BCUT2D eigenvalue weighted by Crippen LogP contribution is 2.09. The Morgan fingerprint density at radius 2 is 2.00 bits per heavy atom. The molecule has 0 fully saturated rings. The van der Waals surface area contributed by atoms with Crippen molar-refractivity contribution < 1.29 is 9.53 Å². The largest absolute Gasteiger partial charge is 0.444 e. The van der Waals surface area contributed by atoms with Crippen molar-refractivity contribution in [1.82, 2.24) is 4.90 Å². The Hall–Kier alpha value is -1.26. The van der Waals surface area contributed by atoms with Crippen LogP contribution in [-0.4, -0.2) is 35.5 Å². The Labute approximate surface area is 91.1 Å². The minimum Gasteiger partial charge on any atom is -0.444 e. The molecule has 3 N–H and O–H groups in total. The average molecular weight is 215 g/mol. The van der Waals surface area contributed by atoms with Gasteiger partial charge in [-0.2, -0.15) is 0 Å². The summed E-state index contributed by atoms with van der Waals surface area (Å²) in [6.45, 7) is 8.32. The van der Waals surface area contributed by atoms with Crippen LogP contribution in [0, 0.1) is 5.41 Å². The predicted molar refractivity (Wildman–Crippen MR) is 60.0 cm³/mol. The molecular weight excluding hydrogens is 194 g/mol. The second kappa shape index (κ2) is 5.58. The standard InChI is InChI=1S/C10H21N3O2/c1-5-13(7-6-8(11)12)9(14)15-10(2,3)4/h5-7H2,1-4H3,(H3,11,12). The van der Waals surface area contributed by atoms with Crippen LogP contribution in [-0.2, 0) is 4.74 Å². The second-order valence-corrected chi connectivity index (χ2v) is 4.34. The minimum atomic E-state index is -0.485. The average Bonchev–Trinajstić information content (AvgIpc) is 2.01. The monoisotopic (exact) mass is 215 g/mol. The van der Waals surface area contributed by atoms with Gasteiger partial charge in [-0.1, -0.05) is 0 Å². The van der Waals surface area contributed by atoms with E-state index in [0.717, 1.165) is 0 Å². The number of amidine groups is 1. The van der Waals surface area contributed by atoms with Crippen LogP contribution in [0.2, 0.25) is 0 Å². The zero-order chi connectivity index (χ0) is 12.1. The molecule has 0 aromatic carbocycles. The van der Waals surface area contributed by atoms with E-state index in [1.54, 1.807) is 0 Å². The summed E-state index contributed by atoms with van der Waals surface area (Å²) < 4.78 is 5.20. The second-order valence-electron chi connectivity index (χ2n) is 4.34. The molecule has 0 bridgehead atoms. The van der Waals surface area contributed by atoms with Gasteiger partial charge in [-0.3, -0.25) is 5.41 Å². The fraction of sp³-hybridized carbons (Fsp3) is 0.800. The number of carbonyl (C=O) groups excluding carboxylic acids is 1. The summed E-state index contributed by atoms with van der Waals surface area (Å²) in [6, 6.07) is 0. The molecule has 0 unspecified atom stereocenters. The van der Waals surface area contributed by atoms with Gasteiger partial charge in [0, 0.05) is 19.5 Å². The fourth-order valence-electron chi connectivity index (χ4n) is 0.960. The predicted octanol–water partition coefficient (Wildman–Crippen LogP) is 1.57. The van der Waals surface area contributed by atoms with Crippen LogP contribution in [0.5, 0.6) is 0 Å². The smallest absolute Gasteiger partial charge is 0.410 e. The Balaban J connectivity index is 4.16. The van der Waals surface area contributed by atoms with Crippen molar-refractivity contribution in [3.05, 3.63) is 0 Å². The number of nitrogens with one attached hydrogen (secondary N) is 1. The van der Waals surface area contributed by atoms with Crippen LogP contribution < -0.4 is 5.73 Å². The lowest BCUT2D eigenvalue weighted by Crippen LogP contribution is -2.38. The molecule has 0 atom stereocenters. The fourth-order valence-corrected chi connectivity index (χ4v) is 0.960. The number of nitrogens with two attached hydrogens (primary N) is 1. The number of hydrogen-bond acceptors (Lipinski definition) is 3. The van der Waals surface area contributed by atoms with Crippen molar-refractivity contribution in [3.8, 4) is 0 Å². The first kappa shape index (κ1) is 13.7. The van der Waals surface area contributed by atoms with E-state index < -0.39 is 5.60 Å². The number of amides is 1. The molecule has 0 rings (SSSR count). The van der Waals surface area contributed by atoms with Crippen molar-refractivity contribution in [2.24, 2.45) is 5.73 Å². The van der Waals surface area contributed by atoms with Gasteiger partial charge in [0.25, 0.3) is 0 Å². The number of ether oxygens (including phenoxy) is 1. The molecule has 0 saturated heterocycles. The highest BCUT2D eigenvalue weighted by Gasteiger charge is 2.20. The molecule has 0 aliphatic rings. The van der Waals surface area contributed by atoms with E-state index >= 15 is 0 Å². The van der Waals surface area contributed by atoms with Crippen molar-refractivity contribution >= 4 is 11.9 Å². The molecule has 5 heteroatoms. The summed E-state index contributed by atoms with van der Waals surface area (Å²) in [4.78, 5) is 13.1. The van der Waals surface area contributed by atoms with E-state index in [1.165, 1.54) is 4.90 Å². The van der Waals surface area contributed by atoms with E-state index in [1.807, 2.05) is 27.7 Å². The van der Waals surface area contributed by atoms with Crippen molar-refractivity contribution in [2.45, 2.75) is 39.7 Å². The van der Waals surface area contributed by atoms with Crippen molar-refractivity contribution in [1.29, 1.82) is 5.41 Å². The topological polar surface area (TPSA) is 79.4 Å². The summed E-state index contributed by atoms with van der Waals surface area (Å²) in [7, 11) is 0. The first-order chi connectivity index (χ1) is 6.76. The summed E-state index contributed by atoms with van der Waals surface area (Å²) in [5, 5.41) is 7.08. The molecule has 1 amide bonds. The van der Waals surface area contributed by atoms with Gasteiger partial charge >= 0.3 is 6.09 Å². The van der Waals surface area contributed by atoms with Gasteiger partial charge in [0.15, 0.2) is 0 Å². The van der Waals surface area contributed by atoms with Gasteiger partial charge in [-0.25, -0.2) is 4.79 Å². The highest BCUT2D eigenvalue weighted by atomic mass is 16.6. The maximum Gasteiger partial charge on any atom is 0.410 e. The van der Waals surface area contributed by atoms with Crippen molar-refractivity contribution in [3.63, 3.8) is 0 Å². The van der Waals surface area contributed by atoms with Crippen LogP contribution in [0.15, 0.2) is 0 Å².